The number of ether oxygens (including phenoxy) is 1. The summed E-state index contributed by atoms with van der Waals surface area (Å²) < 4.78 is 116. The van der Waals surface area contributed by atoms with Gasteiger partial charge in [-0.3, -0.25) is 14.3 Å². The van der Waals surface area contributed by atoms with Crippen molar-refractivity contribution < 1.29 is 49.1 Å². The molecule has 2 N–H and O–H groups in total. The molecule has 2 aromatic rings. The lowest BCUT2D eigenvalue weighted by Gasteiger charge is -2.41. The van der Waals surface area contributed by atoms with Crippen LogP contribution in [0.1, 0.15) is 70.1 Å². The minimum Gasteiger partial charge on any atom is -0.494 e. The molecule has 1 atom stereocenters. The Labute approximate surface area is 256 Å². The normalized spacial score (nSPS) is 19.5. The Kier molecular flexibility index (Phi) is 9.95. The molecule has 0 saturated heterocycles. The standard InChI is InChI=1S/C29H34F6N4O5S/c1-18(2)17-39-14-12-23(37-39)22-16-27(29(33,34)35,36-25(40)24(22)26(41)38-45(42,43)21-10-11-21)19-6-8-20(9-7-19)44-15-5-3-4-13-28(30,31)32/h6-9,12,14,18,21H,3-5,10-11,13,15-17H2,1-2H3,(H,36,40)(H,38,41)/t27-/m0/s1. The van der Waals surface area contributed by atoms with E-state index in [4.69, 9.17) is 4.74 Å². The van der Waals surface area contributed by atoms with E-state index in [9.17, 15) is 44.3 Å². The minimum absolute atomic E-state index is 0.0481. The highest BCUT2D eigenvalue weighted by Crippen LogP contribution is 2.48. The minimum atomic E-state index is -5.09. The van der Waals surface area contributed by atoms with Crippen LogP contribution in [0, 0.1) is 5.92 Å². The van der Waals surface area contributed by atoms with E-state index in [1.165, 1.54) is 29.1 Å². The number of halogens is 6. The third-order valence-corrected chi connectivity index (χ3v) is 9.25. The predicted octanol–water partition coefficient (Wildman–Crippen LogP) is 5.38. The summed E-state index contributed by atoms with van der Waals surface area (Å²) in [5, 5.41) is 5.43. The fraction of sp³-hybridized carbons (Fsp3) is 0.552. The lowest BCUT2D eigenvalue weighted by Crippen LogP contribution is -2.60. The highest BCUT2D eigenvalue weighted by molar-refractivity contribution is 7.91. The quantitative estimate of drug-likeness (QED) is 0.169. The number of unbranched alkanes of at least 4 members (excludes halogenated alkanes) is 2. The van der Waals surface area contributed by atoms with Crippen molar-refractivity contribution in [3.05, 3.63) is 53.4 Å². The van der Waals surface area contributed by atoms with Crippen LogP contribution in [0.2, 0.25) is 0 Å². The zero-order valence-electron chi connectivity index (χ0n) is 24.6. The van der Waals surface area contributed by atoms with Crippen LogP contribution in [0.15, 0.2) is 42.1 Å². The number of carbonyl (C=O) groups excluding carboxylic acids is 2. The van der Waals surface area contributed by atoms with Crippen LogP contribution in [0.25, 0.3) is 5.57 Å². The maximum atomic E-state index is 15.0. The average Bonchev–Trinajstić information content (AvgIpc) is 3.69. The monoisotopic (exact) mass is 664 g/mol. The van der Waals surface area contributed by atoms with E-state index < -0.39 is 63.4 Å². The summed E-state index contributed by atoms with van der Waals surface area (Å²) in [6.45, 7) is 4.23. The number of nitrogens with zero attached hydrogens (tertiary/aromatic N) is 2. The summed E-state index contributed by atoms with van der Waals surface area (Å²) >= 11 is 0. The first-order chi connectivity index (χ1) is 20.9. The van der Waals surface area contributed by atoms with Crippen molar-refractivity contribution in [2.45, 2.75) is 88.5 Å². The van der Waals surface area contributed by atoms with Gasteiger partial charge < -0.3 is 10.1 Å². The Morgan fingerprint density at radius 1 is 1.09 bits per heavy atom. The van der Waals surface area contributed by atoms with Crippen molar-refractivity contribution in [1.29, 1.82) is 0 Å². The van der Waals surface area contributed by atoms with Crippen molar-refractivity contribution in [1.82, 2.24) is 19.8 Å². The molecular weight excluding hydrogens is 630 g/mol. The van der Waals surface area contributed by atoms with Crippen LogP contribution in [-0.4, -0.2) is 54.2 Å². The Hall–Kier alpha value is -3.56. The smallest absolute Gasteiger partial charge is 0.416 e. The highest BCUT2D eigenvalue weighted by atomic mass is 32.2. The number of sulfonamides is 1. The molecule has 45 heavy (non-hydrogen) atoms. The van der Waals surface area contributed by atoms with E-state index in [0.717, 1.165) is 12.1 Å². The number of carbonyl (C=O) groups is 2. The van der Waals surface area contributed by atoms with Gasteiger partial charge in [0.2, 0.25) is 10.0 Å². The van der Waals surface area contributed by atoms with Gasteiger partial charge in [-0.05, 0) is 61.8 Å². The second kappa shape index (κ2) is 13.0. The lowest BCUT2D eigenvalue weighted by molar-refractivity contribution is -0.202. The topological polar surface area (TPSA) is 119 Å². The molecule has 9 nitrogen and oxygen atoms in total. The zero-order valence-corrected chi connectivity index (χ0v) is 25.4. The fourth-order valence-corrected chi connectivity index (χ4v) is 6.31. The number of benzene rings is 1. The molecule has 2 amide bonds. The maximum Gasteiger partial charge on any atom is 0.416 e. The van der Waals surface area contributed by atoms with E-state index in [1.54, 1.807) is 0 Å². The lowest BCUT2D eigenvalue weighted by atomic mass is 9.77. The second-order valence-electron chi connectivity index (χ2n) is 11.7. The van der Waals surface area contributed by atoms with E-state index in [-0.39, 0.29) is 47.9 Å². The number of rotatable bonds is 13. The van der Waals surface area contributed by atoms with Crippen molar-refractivity contribution >= 4 is 27.4 Å². The molecule has 4 rings (SSSR count). The molecule has 1 aliphatic carbocycles. The van der Waals surface area contributed by atoms with Gasteiger partial charge in [-0.15, -0.1) is 0 Å². The van der Waals surface area contributed by atoms with Gasteiger partial charge in [0.05, 0.1) is 17.6 Å². The van der Waals surface area contributed by atoms with Gasteiger partial charge in [-0.25, -0.2) is 13.1 Å². The third-order valence-electron chi connectivity index (χ3n) is 7.43. The van der Waals surface area contributed by atoms with Gasteiger partial charge in [-0.2, -0.15) is 31.4 Å². The number of hydrogen-bond acceptors (Lipinski definition) is 6. The molecule has 0 radical (unpaired) electrons. The van der Waals surface area contributed by atoms with Gasteiger partial charge in [0, 0.05) is 31.2 Å². The number of nitrogens with one attached hydrogen (secondary N) is 2. The number of amides is 2. The Morgan fingerprint density at radius 3 is 2.33 bits per heavy atom. The number of hydrogen-bond donors (Lipinski definition) is 2. The molecule has 0 bridgehead atoms. The van der Waals surface area contributed by atoms with Gasteiger partial charge >= 0.3 is 12.4 Å². The van der Waals surface area contributed by atoms with E-state index in [0.29, 0.717) is 25.8 Å². The van der Waals surface area contributed by atoms with Gasteiger partial charge in [0.25, 0.3) is 11.8 Å². The molecule has 248 valence electrons. The largest absolute Gasteiger partial charge is 0.494 e. The Morgan fingerprint density at radius 2 is 1.76 bits per heavy atom. The molecule has 1 aliphatic heterocycles. The molecule has 1 saturated carbocycles. The fourth-order valence-electron chi connectivity index (χ4n) is 5.03. The predicted molar refractivity (Wildman–Crippen MR) is 151 cm³/mol. The van der Waals surface area contributed by atoms with E-state index >= 15 is 0 Å². The molecule has 16 heteroatoms. The molecule has 1 aromatic heterocycles. The molecule has 1 aromatic carbocycles. The van der Waals surface area contributed by atoms with Crippen LogP contribution >= 0.6 is 0 Å². The molecular formula is C29H34F6N4O5S. The first-order valence-corrected chi connectivity index (χ1v) is 16.0. The molecule has 2 heterocycles. The summed E-state index contributed by atoms with van der Waals surface area (Å²) in [6, 6.07) is 6.06. The van der Waals surface area contributed by atoms with Gasteiger partial charge in [0.15, 0.2) is 5.54 Å². The van der Waals surface area contributed by atoms with E-state index in [2.05, 4.69) is 5.10 Å². The molecule has 1 fully saturated rings. The summed E-state index contributed by atoms with van der Waals surface area (Å²) in [6.07, 6.45) is -8.61. The van der Waals surface area contributed by atoms with Crippen LogP contribution in [0.4, 0.5) is 26.3 Å². The second-order valence-corrected chi connectivity index (χ2v) is 13.6. The SMILES string of the molecule is CC(C)Cn1ccc(C2=C(C(=O)NS(=O)(=O)C3CC3)C(=O)N[C@@](c3ccc(OCCCCCC(F)(F)F)cc3)(C(F)(F)F)C2)n1. The summed E-state index contributed by atoms with van der Waals surface area (Å²) in [5.74, 6) is -2.48. The van der Waals surface area contributed by atoms with E-state index in [1.807, 2.05) is 23.9 Å². The summed E-state index contributed by atoms with van der Waals surface area (Å²) in [4.78, 5) is 26.6. The first-order valence-electron chi connectivity index (χ1n) is 14.4. The van der Waals surface area contributed by atoms with Crippen molar-refractivity contribution in [3.63, 3.8) is 0 Å². The van der Waals surface area contributed by atoms with Crippen molar-refractivity contribution in [2.75, 3.05) is 6.61 Å². The molecule has 0 spiro atoms. The average molecular weight is 665 g/mol. The van der Waals surface area contributed by atoms with Crippen LogP contribution in [-0.2, 0) is 31.7 Å². The van der Waals surface area contributed by atoms with Crippen LogP contribution in [0.3, 0.4) is 0 Å². The first kappa shape index (κ1) is 34.3. The van der Waals surface area contributed by atoms with Crippen LogP contribution in [0.5, 0.6) is 5.75 Å². The molecule has 0 unspecified atom stereocenters. The number of alkyl halides is 6. The van der Waals surface area contributed by atoms with Gasteiger partial charge in [-0.1, -0.05) is 26.0 Å². The van der Waals surface area contributed by atoms with Gasteiger partial charge in [0.1, 0.15) is 11.3 Å². The van der Waals surface area contributed by atoms with Crippen molar-refractivity contribution in [2.24, 2.45) is 5.92 Å². The zero-order chi connectivity index (χ0) is 33.2. The Balaban J connectivity index is 1.64. The third kappa shape index (κ3) is 8.38. The molecule has 2 aliphatic rings. The van der Waals surface area contributed by atoms with Crippen molar-refractivity contribution in [3.8, 4) is 5.75 Å². The maximum absolute atomic E-state index is 15.0. The highest BCUT2D eigenvalue weighted by Gasteiger charge is 2.60. The summed E-state index contributed by atoms with van der Waals surface area (Å²) in [5.41, 5.74) is -4.64. The Bertz CT molecular complexity index is 1530. The number of aromatic nitrogens is 2. The van der Waals surface area contributed by atoms with Crippen LogP contribution < -0.4 is 14.8 Å². The summed E-state index contributed by atoms with van der Waals surface area (Å²) in [7, 11) is -4.13.